The number of aliphatic hydroxyl groups excluding tert-OH is 1. The van der Waals surface area contributed by atoms with Gasteiger partial charge in [0, 0.05) is 131 Å². The summed E-state index contributed by atoms with van der Waals surface area (Å²) in [6, 6.07) is 12.2. The number of carbonyl (C=O) groups excluding carboxylic acids is 2. The summed E-state index contributed by atoms with van der Waals surface area (Å²) in [5, 5.41) is 40.0. The molecule has 0 spiro atoms. The lowest BCUT2D eigenvalue weighted by Gasteiger charge is -2.29. The molecule has 8 aromatic rings. The van der Waals surface area contributed by atoms with E-state index in [0.29, 0.717) is 144 Å². The number of aromatic nitrogens is 16. The predicted molar refractivity (Wildman–Crippen MR) is 398 cm³/mol. The Balaban J connectivity index is 0.000000139. The summed E-state index contributed by atoms with van der Waals surface area (Å²) < 4.78 is 200. The average Bonchev–Trinajstić information content (AvgIpc) is 1.75. The lowest BCUT2D eigenvalue weighted by atomic mass is 9.92. The quantitative estimate of drug-likeness (QED) is 0.0167. The first-order chi connectivity index (χ1) is 56.5. The number of aromatic amines is 1. The molecule has 45 heteroatoms. The average molecular weight is 1690 g/mol. The lowest BCUT2D eigenvalue weighted by molar-refractivity contribution is -0.0815. The highest BCUT2D eigenvalue weighted by molar-refractivity contribution is 7.90. The molecule has 8 aliphatic rings. The van der Waals surface area contributed by atoms with Crippen molar-refractivity contribution in [1.82, 2.24) is 79.4 Å². The Kier molecular flexibility index (Phi) is 29.1. The number of hydrogen-bond donors (Lipinski definition) is 6. The Morgan fingerprint density at radius 3 is 1.11 bits per heavy atom. The van der Waals surface area contributed by atoms with Gasteiger partial charge in [0.2, 0.25) is 57.0 Å². The van der Waals surface area contributed by atoms with Crippen LogP contribution >= 0.6 is 0 Å². The summed E-state index contributed by atoms with van der Waals surface area (Å²) in [5.74, 6) is -7.85. The van der Waals surface area contributed by atoms with Crippen LogP contribution in [0.25, 0.3) is 17.8 Å². The third-order valence-electron chi connectivity index (χ3n) is 19.2. The molecule has 12 heterocycles. The van der Waals surface area contributed by atoms with Crippen LogP contribution in [0.5, 0.6) is 23.5 Å². The number of rotatable bonds is 26. The number of alkyl halides is 9. The Hall–Kier alpha value is -10.4. The molecule has 4 saturated heterocycles. The van der Waals surface area contributed by atoms with Crippen LogP contribution in [0.2, 0.25) is 0 Å². The molecular weight excluding hydrogens is 1600 g/mol. The maximum absolute atomic E-state index is 13.4. The van der Waals surface area contributed by atoms with Crippen molar-refractivity contribution < 1.29 is 110 Å². The van der Waals surface area contributed by atoms with Gasteiger partial charge in [-0.25, -0.2) is 76.5 Å². The summed E-state index contributed by atoms with van der Waals surface area (Å²) in [4.78, 5) is 56.9. The molecule has 6 N–H and O–H groups in total. The zero-order valence-electron chi connectivity index (χ0n) is 64.5. The maximum atomic E-state index is 13.4. The molecule has 0 unspecified atom stereocenters. The smallest absolute Gasteiger partial charge is 0.358 e. The van der Waals surface area contributed by atoms with Gasteiger partial charge in [0.05, 0.1) is 84.1 Å². The fraction of sp³-hybridized carbons (Fsp3) is 0.589. The van der Waals surface area contributed by atoms with Crippen molar-refractivity contribution in [3.63, 3.8) is 0 Å². The van der Waals surface area contributed by atoms with E-state index in [1.54, 1.807) is 62.8 Å². The van der Waals surface area contributed by atoms with Crippen molar-refractivity contribution >= 4 is 45.0 Å². The number of sulfone groups is 1. The van der Waals surface area contributed by atoms with Gasteiger partial charge in [-0.15, -0.1) is 0 Å². The molecular formula is C73H91F9N20O15S. The van der Waals surface area contributed by atoms with E-state index >= 15 is 0 Å². The molecule has 4 saturated carbocycles. The third kappa shape index (κ3) is 25.8. The fourth-order valence-electron chi connectivity index (χ4n) is 12.5. The molecule has 4 aliphatic heterocycles. The number of carbonyl (C=O) groups is 2. The van der Waals surface area contributed by atoms with Gasteiger partial charge in [-0.1, -0.05) is 0 Å². The van der Waals surface area contributed by atoms with E-state index in [1.807, 2.05) is 0 Å². The van der Waals surface area contributed by atoms with Crippen LogP contribution in [0.4, 0.5) is 62.8 Å². The van der Waals surface area contributed by atoms with Gasteiger partial charge in [-0.2, -0.15) is 55.3 Å². The van der Waals surface area contributed by atoms with Crippen molar-refractivity contribution in [1.29, 1.82) is 0 Å². The van der Waals surface area contributed by atoms with E-state index in [0.717, 1.165) is 6.26 Å². The molecule has 642 valence electrons. The van der Waals surface area contributed by atoms with Crippen LogP contribution in [-0.4, -0.2) is 249 Å². The van der Waals surface area contributed by atoms with E-state index in [1.165, 1.54) is 38.4 Å². The number of halogens is 9. The number of aliphatic hydroxyl groups is 1. The standard InChI is InChI=1S/C19H23F2N5O4.C17H20F3N5O2.C17H21F2N5O3.C14H19F2N3O4S.C6H8N2O2/c1-2-29-17(27)14-5-8-26(25-14)18-23-15(9-16(24-18)30-13-10-28-11-13)22-12-3-6-19(20,21)7-4-12;18-8-12-3-6-25(24-12)16-22-14(7-15(23-16)27-13-9-26-10-13)21-11-1-4-17(19,20)5-2-11;18-17(19)4-1-11(2-5-17)20-14-7-15(27-13-9-26-10-13)22-16(21-14)24-6-3-12(8-25)23-24;1-24(20,21)13-18-11(6-12(19-13)23-10-7-22-8-10)17-9-2-4-14(15,16)5-3-9;1-2-10-6(9)5-3-4-7-8-5/h5,8-9,12-13H,2-4,6-7,10-11H2,1H3,(H,22,23,24);3,6-7,11,13H,1-2,4-5,8-10H2,(H,21,22,23);3,6-7,11,13,25H,1-2,4-5,8-10H2,(H,20,21,22);6,9-10H,2-5,7-8H2,1H3,(H,17,18,19);3-4H,2H2,1H3,(H,7,8). The number of nitrogens with zero attached hydrogens (tertiary/aromatic N) is 15. The zero-order valence-corrected chi connectivity index (χ0v) is 65.3. The molecule has 0 aromatic carbocycles. The van der Waals surface area contributed by atoms with Crippen molar-refractivity contribution in [2.45, 2.75) is 207 Å². The zero-order chi connectivity index (χ0) is 83.6. The first-order valence-electron chi connectivity index (χ1n) is 38.5. The van der Waals surface area contributed by atoms with Crippen LogP contribution in [-0.2, 0) is 51.5 Å². The maximum Gasteiger partial charge on any atom is 0.358 e. The number of anilines is 4. The molecule has 8 aromatic heterocycles. The summed E-state index contributed by atoms with van der Waals surface area (Å²) in [5.41, 5.74) is 1.27. The summed E-state index contributed by atoms with van der Waals surface area (Å²) in [6.45, 7) is 6.93. The minimum absolute atomic E-state index is 0.0698. The second kappa shape index (κ2) is 39.5. The van der Waals surface area contributed by atoms with Gasteiger partial charge >= 0.3 is 11.9 Å². The SMILES string of the molecule is CCOC(=O)c1ccn(-c2nc(NC3CCC(F)(F)CC3)cc(OC3COC3)n2)n1.CCOC(=O)c1ccn[nH]1.CS(=O)(=O)c1nc(NC2CCC(F)(F)CC2)cc(OC2COC2)n1.FCc1ccn(-c2nc(NC3CCC(F)(F)CC3)cc(OC3COC3)n2)n1.OCc1ccn(-c2nc(NC3CCC(F)(F)CC3)cc(OC3COC3)n2)n1. The van der Waals surface area contributed by atoms with Crippen molar-refractivity contribution in [3.05, 3.63) is 96.1 Å². The molecule has 4 aliphatic carbocycles. The van der Waals surface area contributed by atoms with Gasteiger partial charge in [-0.05, 0) is 89.5 Å². The van der Waals surface area contributed by atoms with Gasteiger partial charge in [-0.3, -0.25) is 5.10 Å². The minimum Gasteiger partial charge on any atom is -0.469 e. The fourth-order valence-corrected chi connectivity index (χ4v) is 13.0. The molecule has 0 bridgehead atoms. The number of hydrogen-bond acceptors (Lipinski definition) is 31. The van der Waals surface area contributed by atoms with Crippen LogP contribution < -0.4 is 40.2 Å². The number of nitrogens with one attached hydrogen (secondary N) is 5. The highest BCUT2D eigenvalue weighted by Crippen LogP contribution is 2.39. The molecule has 118 heavy (non-hydrogen) atoms. The van der Waals surface area contributed by atoms with Gasteiger partial charge in [0.15, 0.2) is 5.69 Å². The van der Waals surface area contributed by atoms with E-state index in [2.05, 4.69) is 91.4 Å². The van der Waals surface area contributed by atoms with E-state index < -0.39 is 46.2 Å². The first-order valence-corrected chi connectivity index (χ1v) is 40.4. The topological polar surface area (TPSA) is 414 Å². The second-order valence-electron chi connectivity index (χ2n) is 28.9. The normalized spacial score (nSPS) is 19.4. The Bertz CT molecular complexity index is 4540. The minimum atomic E-state index is -3.63. The van der Waals surface area contributed by atoms with Crippen LogP contribution in [0.1, 0.15) is 149 Å². The first kappa shape index (κ1) is 86.9. The third-order valence-corrected chi connectivity index (χ3v) is 20.1. The molecule has 8 fully saturated rings. The number of ether oxygens (including phenoxy) is 10. The molecule has 16 rings (SSSR count). The summed E-state index contributed by atoms with van der Waals surface area (Å²) in [6.07, 6.45) is 8.25. The van der Waals surface area contributed by atoms with Gasteiger partial charge in [0.1, 0.15) is 60.1 Å². The van der Waals surface area contributed by atoms with Gasteiger partial charge in [0.25, 0.3) is 23.0 Å². The highest BCUT2D eigenvalue weighted by atomic mass is 32.2. The Labute approximate surface area is 670 Å². The molecule has 35 nitrogen and oxygen atoms in total. The monoisotopic (exact) mass is 1690 g/mol. The molecule has 0 radical (unpaired) electrons. The van der Waals surface area contributed by atoms with Crippen LogP contribution in [0, 0.1) is 0 Å². The van der Waals surface area contributed by atoms with Crippen LogP contribution in [0.15, 0.2) is 78.5 Å². The lowest BCUT2D eigenvalue weighted by Crippen LogP contribution is -2.39. The second-order valence-corrected chi connectivity index (χ2v) is 30.8. The van der Waals surface area contributed by atoms with Crippen molar-refractivity contribution in [2.75, 3.05) is 93.6 Å². The largest absolute Gasteiger partial charge is 0.469 e. The van der Waals surface area contributed by atoms with Gasteiger partial charge < -0.3 is 73.7 Å². The number of H-pyrrole nitrogens is 1. The van der Waals surface area contributed by atoms with E-state index in [-0.39, 0.29) is 178 Å². The van der Waals surface area contributed by atoms with Crippen LogP contribution in [0.3, 0.4) is 0 Å². The Morgan fingerprint density at radius 1 is 0.475 bits per heavy atom. The number of esters is 2. The van der Waals surface area contributed by atoms with Crippen molar-refractivity contribution in [3.8, 4) is 41.4 Å². The Morgan fingerprint density at radius 2 is 0.805 bits per heavy atom. The van der Waals surface area contributed by atoms with E-state index in [9.17, 15) is 62.6 Å². The van der Waals surface area contributed by atoms with Crippen molar-refractivity contribution in [2.24, 2.45) is 0 Å². The summed E-state index contributed by atoms with van der Waals surface area (Å²) in [7, 11) is -3.63. The summed E-state index contributed by atoms with van der Waals surface area (Å²) >= 11 is 0. The predicted octanol–water partition coefficient (Wildman–Crippen LogP) is 9.66. The van der Waals surface area contributed by atoms with E-state index in [4.69, 9.17) is 42.6 Å². The highest BCUT2D eigenvalue weighted by Gasteiger charge is 2.40. The molecule has 0 amide bonds. The molecule has 0 atom stereocenters.